The van der Waals surface area contributed by atoms with Crippen LogP contribution in [0.2, 0.25) is 5.02 Å². The molecular formula is C20H21ClFNO3. The van der Waals surface area contributed by atoms with Crippen molar-refractivity contribution in [2.45, 2.75) is 32.4 Å². The fourth-order valence-electron chi connectivity index (χ4n) is 2.85. The molecule has 26 heavy (non-hydrogen) atoms. The van der Waals surface area contributed by atoms with E-state index >= 15 is 0 Å². The number of nitrogens with zero attached hydrogens (tertiary/aromatic N) is 1. The molecule has 4 nitrogen and oxygen atoms in total. The van der Waals surface area contributed by atoms with Crippen LogP contribution in [0.15, 0.2) is 36.4 Å². The first-order valence-corrected chi connectivity index (χ1v) is 8.97. The summed E-state index contributed by atoms with van der Waals surface area (Å²) in [5, 5.41) is 0.327. The van der Waals surface area contributed by atoms with E-state index in [1.165, 1.54) is 6.07 Å². The average molecular weight is 378 g/mol. The quantitative estimate of drug-likeness (QED) is 0.702. The van der Waals surface area contributed by atoms with Gasteiger partial charge >= 0.3 is 0 Å². The Morgan fingerprint density at radius 2 is 2.04 bits per heavy atom. The van der Waals surface area contributed by atoms with Gasteiger partial charge in [-0.05, 0) is 50.1 Å². The lowest BCUT2D eigenvalue weighted by molar-refractivity contribution is 0.0728. The van der Waals surface area contributed by atoms with Gasteiger partial charge in [0.15, 0.2) is 11.5 Å². The number of amides is 1. The smallest absolute Gasteiger partial charge is 0.254 e. The Balaban J connectivity index is 1.89. The molecule has 0 radical (unpaired) electrons. The average Bonchev–Trinajstić information content (AvgIpc) is 3.46. The summed E-state index contributed by atoms with van der Waals surface area (Å²) in [7, 11) is 1.55. The molecule has 0 atom stereocenters. The Morgan fingerprint density at radius 3 is 2.65 bits per heavy atom. The Hall–Kier alpha value is -2.27. The molecule has 138 valence electrons. The van der Waals surface area contributed by atoms with Crippen molar-refractivity contribution in [2.24, 2.45) is 0 Å². The summed E-state index contributed by atoms with van der Waals surface area (Å²) in [4.78, 5) is 14.8. The SMILES string of the molecule is CCOc1cc(C(=O)N(Cc2c(F)cccc2Cl)C2CC2)ccc1OC. The molecule has 0 aromatic heterocycles. The summed E-state index contributed by atoms with van der Waals surface area (Å²) in [5.41, 5.74) is 0.821. The molecule has 1 saturated carbocycles. The Labute approximate surface area is 157 Å². The molecule has 6 heteroatoms. The first-order valence-electron chi connectivity index (χ1n) is 8.59. The fourth-order valence-corrected chi connectivity index (χ4v) is 3.07. The van der Waals surface area contributed by atoms with Gasteiger partial charge in [-0.3, -0.25) is 4.79 Å². The zero-order valence-electron chi connectivity index (χ0n) is 14.8. The van der Waals surface area contributed by atoms with Gasteiger partial charge in [0.1, 0.15) is 5.82 Å². The minimum absolute atomic E-state index is 0.107. The van der Waals surface area contributed by atoms with Crippen LogP contribution in [0.4, 0.5) is 4.39 Å². The third-order valence-electron chi connectivity index (χ3n) is 4.35. The van der Waals surface area contributed by atoms with Crippen molar-refractivity contribution >= 4 is 17.5 Å². The molecule has 0 N–H and O–H groups in total. The Bertz CT molecular complexity index is 787. The monoisotopic (exact) mass is 377 g/mol. The minimum Gasteiger partial charge on any atom is -0.493 e. The van der Waals surface area contributed by atoms with E-state index in [2.05, 4.69) is 0 Å². The normalized spacial score (nSPS) is 13.4. The van der Waals surface area contributed by atoms with Gasteiger partial charge in [-0.1, -0.05) is 17.7 Å². The molecule has 1 amide bonds. The maximum absolute atomic E-state index is 14.2. The molecule has 3 rings (SSSR count). The van der Waals surface area contributed by atoms with E-state index in [1.807, 2.05) is 6.92 Å². The van der Waals surface area contributed by atoms with Crippen molar-refractivity contribution in [1.82, 2.24) is 4.90 Å². The highest BCUT2D eigenvalue weighted by Crippen LogP contribution is 2.34. The zero-order valence-corrected chi connectivity index (χ0v) is 15.6. The van der Waals surface area contributed by atoms with Gasteiger partial charge in [0, 0.05) is 22.2 Å². The number of hydrogen-bond acceptors (Lipinski definition) is 3. The maximum atomic E-state index is 14.2. The largest absolute Gasteiger partial charge is 0.493 e. The number of rotatable bonds is 7. The van der Waals surface area contributed by atoms with Crippen LogP contribution < -0.4 is 9.47 Å². The van der Waals surface area contributed by atoms with Gasteiger partial charge in [0.25, 0.3) is 5.91 Å². The topological polar surface area (TPSA) is 38.8 Å². The molecule has 1 fully saturated rings. The first-order chi connectivity index (χ1) is 12.5. The number of carbonyl (C=O) groups excluding carboxylic acids is 1. The molecule has 0 bridgehead atoms. The van der Waals surface area contributed by atoms with Gasteiger partial charge in [0.2, 0.25) is 0 Å². The summed E-state index contributed by atoms with van der Waals surface area (Å²) in [6.07, 6.45) is 1.82. The lowest BCUT2D eigenvalue weighted by Crippen LogP contribution is -2.33. The first kappa shape index (κ1) is 18.5. The number of carbonyl (C=O) groups is 1. The summed E-state index contributed by atoms with van der Waals surface area (Å²) >= 11 is 6.14. The standard InChI is InChI=1S/C20H21ClFNO3/c1-3-26-19-11-13(7-10-18(19)25-2)20(24)23(14-8-9-14)12-15-16(21)5-4-6-17(15)22/h4-7,10-11,14H,3,8-9,12H2,1-2H3. The lowest BCUT2D eigenvalue weighted by Gasteiger charge is -2.24. The van der Waals surface area contributed by atoms with Crippen molar-refractivity contribution in [3.8, 4) is 11.5 Å². The maximum Gasteiger partial charge on any atom is 0.254 e. The number of ether oxygens (including phenoxy) is 2. The van der Waals surface area contributed by atoms with Crippen LogP contribution in [0.25, 0.3) is 0 Å². The van der Waals surface area contributed by atoms with Crippen molar-refractivity contribution in [3.63, 3.8) is 0 Å². The zero-order chi connectivity index (χ0) is 18.7. The molecule has 1 aliphatic rings. The lowest BCUT2D eigenvalue weighted by atomic mass is 10.1. The summed E-state index contributed by atoms with van der Waals surface area (Å²) in [5.74, 6) is 0.509. The van der Waals surface area contributed by atoms with Crippen LogP contribution >= 0.6 is 11.6 Å². The van der Waals surface area contributed by atoms with Crippen LogP contribution in [0.3, 0.4) is 0 Å². The van der Waals surface area contributed by atoms with E-state index in [-0.39, 0.29) is 18.5 Å². The van der Waals surface area contributed by atoms with Crippen LogP contribution in [-0.2, 0) is 6.54 Å². The number of methoxy groups -OCH3 is 1. The predicted molar refractivity (Wildman–Crippen MR) is 98.5 cm³/mol. The Kier molecular flexibility index (Phi) is 5.67. The molecule has 1 aliphatic carbocycles. The third-order valence-corrected chi connectivity index (χ3v) is 4.70. The van der Waals surface area contributed by atoms with Crippen LogP contribution in [-0.4, -0.2) is 30.6 Å². The van der Waals surface area contributed by atoms with Gasteiger partial charge in [-0.2, -0.15) is 0 Å². The van der Waals surface area contributed by atoms with Gasteiger partial charge in [-0.25, -0.2) is 4.39 Å². The molecule has 0 aliphatic heterocycles. The second kappa shape index (κ2) is 7.96. The molecule has 2 aromatic rings. The predicted octanol–water partition coefficient (Wildman–Crippen LogP) is 4.69. The second-order valence-electron chi connectivity index (χ2n) is 6.16. The molecule has 0 saturated heterocycles. The second-order valence-corrected chi connectivity index (χ2v) is 6.57. The van der Waals surface area contributed by atoms with Gasteiger partial charge in [-0.15, -0.1) is 0 Å². The van der Waals surface area contributed by atoms with Gasteiger partial charge < -0.3 is 14.4 Å². The Morgan fingerprint density at radius 1 is 1.27 bits per heavy atom. The van der Waals surface area contributed by atoms with Crippen molar-refractivity contribution in [1.29, 1.82) is 0 Å². The van der Waals surface area contributed by atoms with E-state index < -0.39 is 5.82 Å². The van der Waals surface area contributed by atoms with Crippen LogP contribution in [0.1, 0.15) is 35.7 Å². The van der Waals surface area contributed by atoms with E-state index in [1.54, 1.807) is 42.3 Å². The van der Waals surface area contributed by atoms with Gasteiger partial charge in [0.05, 0.1) is 20.3 Å². The van der Waals surface area contributed by atoms with E-state index in [0.717, 1.165) is 12.8 Å². The van der Waals surface area contributed by atoms with Crippen molar-refractivity contribution in [3.05, 3.63) is 58.4 Å². The molecule has 0 unspecified atom stereocenters. The third kappa shape index (κ3) is 3.93. The summed E-state index contributed by atoms with van der Waals surface area (Å²) in [6, 6.07) is 9.73. The van der Waals surface area contributed by atoms with E-state index in [4.69, 9.17) is 21.1 Å². The highest BCUT2D eigenvalue weighted by atomic mass is 35.5. The van der Waals surface area contributed by atoms with Crippen molar-refractivity contribution in [2.75, 3.05) is 13.7 Å². The minimum atomic E-state index is -0.402. The highest BCUT2D eigenvalue weighted by Gasteiger charge is 2.34. The van der Waals surface area contributed by atoms with E-state index in [9.17, 15) is 9.18 Å². The highest BCUT2D eigenvalue weighted by molar-refractivity contribution is 6.31. The number of hydrogen-bond donors (Lipinski definition) is 0. The molecule has 2 aromatic carbocycles. The number of halogens is 2. The fraction of sp³-hybridized carbons (Fsp3) is 0.350. The summed E-state index contributed by atoms with van der Waals surface area (Å²) in [6.45, 7) is 2.47. The van der Waals surface area contributed by atoms with Crippen LogP contribution in [0, 0.1) is 5.82 Å². The molecule has 0 spiro atoms. The van der Waals surface area contributed by atoms with Crippen molar-refractivity contribution < 1.29 is 18.7 Å². The molecular weight excluding hydrogens is 357 g/mol. The number of benzene rings is 2. The van der Waals surface area contributed by atoms with Crippen LogP contribution in [0.5, 0.6) is 11.5 Å². The molecule has 0 heterocycles. The van der Waals surface area contributed by atoms with E-state index in [0.29, 0.717) is 34.3 Å². The summed E-state index contributed by atoms with van der Waals surface area (Å²) < 4.78 is 25.0.